The van der Waals surface area contributed by atoms with Crippen LogP contribution in [0.3, 0.4) is 0 Å². The molecule has 0 aliphatic rings. The Morgan fingerprint density at radius 2 is 1.93 bits per heavy atom. The second-order valence-corrected chi connectivity index (χ2v) is 4.61. The molecule has 0 saturated carbocycles. The highest BCUT2D eigenvalue weighted by atomic mass is 35.5. The van der Waals surface area contributed by atoms with Crippen LogP contribution in [0.5, 0.6) is 5.75 Å². The molecule has 2 nitrogen and oxygen atoms in total. The Labute approximate surface area is 96.8 Å². The van der Waals surface area contributed by atoms with E-state index in [-0.39, 0.29) is 0 Å². The quantitative estimate of drug-likeness (QED) is 0.825. The number of hydrogen-bond acceptors (Lipinski definition) is 1. The number of ether oxygens (including phenoxy) is 1. The van der Waals surface area contributed by atoms with Gasteiger partial charge in [0, 0.05) is 0 Å². The summed E-state index contributed by atoms with van der Waals surface area (Å²) in [6.07, 6.45) is 0. The predicted molar refractivity (Wildman–Crippen MR) is 64.1 cm³/mol. The third-order valence-corrected chi connectivity index (χ3v) is 2.50. The van der Waals surface area contributed by atoms with Crippen LogP contribution in [0.1, 0.15) is 11.1 Å². The number of hydrogen-bond donors (Lipinski definition) is 1. The SMILES string of the molecule is Cc1cc(C)c(OCC[NH+](C)C)c(Cl)c1. The molecule has 0 atom stereocenters. The minimum Gasteiger partial charge on any atom is -0.486 e. The molecule has 3 heteroatoms. The number of halogens is 1. The van der Waals surface area contributed by atoms with E-state index in [0.29, 0.717) is 11.6 Å². The van der Waals surface area contributed by atoms with E-state index in [9.17, 15) is 0 Å². The van der Waals surface area contributed by atoms with Gasteiger partial charge in [0.05, 0.1) is 19.1 Å². The minimum absolute atomic E-state index is 0.700. The molecule has 0 bridgehead atoms. The van der Waals surface area contributed by atoms with Crippen molar-refractivity contribution < 1.29 is 9.64 Å². The molecule has 0 aliphatic carbocycles. The van der Waals surface area contributed by atoms with Gasteiger partial charge in [-0.2, -0.15) is 0 Å². The lowest BCUT2D eigenvalue weighted by Crippen LogP contribution is -3.06. The van der Waals surface area contributed by atoms with E-state index in [1.165, 1.54) is 10.5 Å². The molecule has 0 heterocycles. The van der Waals surface area contributed by atoms with E-state index in [0.717, 1.165) is 17.9 Å². The zero-order valence-corrected chi connectivity index (χ0v) is 10.6. The van der Waals surface area contributed by atoms with Gasteiger partial charge < -0.3 is 9.64 Å². The number of nitrogens with one attached hydrogen (secondary N) is 1. The Morgan fingerprint density at radius 1 is 1.27 bits per heavy atom. The van der Waals surface area contributed by atoms with Crippen molar-refractivity contribution in [1.29, 1.82) is 0 Å². The van der Waals surface area contributed by atoms with E-state index in [1.807, 2.05) is 19.9 Å². The largest absolute Gasteiger partial charge is 0.486 e. The summed E-state index contributed by atoms with van der Waals surface area (Å²) in [6.45, 7) is 5.74. The fraction of sp³-hybridized carbons (Fsp3) is 0.500. The zero-order chi connectivity index (χ0) is 11.4. The summed E-state index contributed by atoms with van der Waals surface area (Å²) in [5.74, 6) is 0.823. The molecule has 0 saturated heterocycles. The van der Waals surface area contributed by atoms with Gasteiger partial charge in [-0.05, 0) is 31.0 Å². The van der Waals surface area contributed by atoms with Crippen molar-refractivity contribution in [1.82, 2.24) is 0 Å². The van der Waals surface area contributed by atoms with Crippen molar-refractivity contribution in [3.05, 3.63) is 28.3 Å². The van der Waals surface area contributed by atoms with Gasteiger partial charge in [-0.1, -0.05) is 17.7 Å². The summed E-state index contributed by atoms with van der Waals surface area (Å²) < 4.78 is 5.68. The zero-order valence-electron chi connectivity index (χ0n) is 9.86. The Morgan fingerprint density at radius 3 is 2.47 bits per heavy atom. The third-order valence-electron chi connectivity index (χ3n) is 2.22. The lowest BCUT2D eigenvalue weighted by atomic mass is 10.1. The van der Waals surface area contributed by atoms with Crippen LogP contribution in [0, 0.1) is 13.8 Å². The van der Waals surface area contributed by atoms with Crippen molar-refractivity contribution in [2.24, 2.45) is 0 Å². The maximum Gasteiger partial charge on any atom is 0.141 e. The molecule has 0 unspecified atom stereocenters. The Hall–Kier alpha value is -0.730. The summed E-state index contributed by atoms with van der Waals surface area (Å²) in [5.41, 5.74) is 2.27. The van der Waals surface area contributed by atoms with Crippen LogP contribution in [0.25, 0.3) is 0 Å². The summed E-state index contributed by atoms with van der Waals surface area (Å²) in [5, 5.41) is 0.709. The lowest BCUT2D eigenvalue weighted by molar-refractivity contribution is -0.858. The molecule has 1 aromatic carbocycles. The van der Waals surface area contributed by atoms with Crippen LogP contribution in [-0.4, -0.2) is 27.2 Å². The summed E-state index contributed by atoms with van der Waals surface area (Å²) in [7, 11) is 4.21. The number of benzene rings is 1. The van der Waals surface area contributed by atoms with E-state index in [4.69, 9.17) is 16.3 Å². The second kappa shape index (κ2) is 5.38. The second-order valence-electron chi connectivity index (χ2n) is 4.20. The monoisotopic (exact) mass is 228 g/mol. The van der Waals surface area contributed by atoms with Gasteiger partial charge in [-0.15, -0.1) is 0 Å². The maximum absolute atomic E-state index is 6.12. The first kappa shape index (κ1) is 12.3. The molecule has 15 heavy (non-hydrogen) atoms. The van der Waals surface area contributed by atoms with Gasteiger partial charge in [0.25, 0.3) is 0 Å². The number of rotatable bonds is 4. The molecule has 1 N–H and O–H groups in total. The molecule has 0 aliphatic heterocycles. The van der Waals surface area contributed by atoms with Gasteiger partial charge in [0.1, 0.15) is 18.9 Å². The standard InChI is InChI=1S/C12H18ClNO/c1-9-7-10(2)12(11(13)8-9)15-6-5-14(3)4/h7-8H,5-6H2,1-4H3/p+1. The van der Waals surface area contributed by atoms with Crippen molar-refractivity contribution in [3.63, 3.8) is 0 Å². The van der Waals surface area contributed by atoms with Crippen LogP contribution >= 0.6 is 11.6 Å². The first-order chi connectivity index (χ1) is 7.00. The van der Waals surface area contributed by atoms with Crippen molar-refractivity contribution >= 4 is 11.6 Å². The smallest absolute Gasteiger partial charge is 0.141 e. The number of likely N-dealkylation sites (N-methyl/N-ethyl adjacent to an activating group) is 1. The van der Waals surface area contributed by atoms with Crippen LogP contribution < -0.4 is 9.64 Å². The van der Waals surface area contributed by atoms with Gasteiger partial charge in [0.15, 0.2) is 0 Å². The van der Waals surface area contributed by atoms with E-state index in [2.05, 4.69) is 20.2 Å². The molecular weight excluding hydrogens is 210 g/mol. The molecule has 0 fully saturated rings. The molecule has 0 amide bonds. The minimum atomic E-state index is 0.700. The van der Waals surface area contributed by atoms with Crippen LogP contribution in [0.2, 0.25) is 5.02 Å². The molecule has 1 rings (SSSR count). The highest BCUT2D eigenvalue weighted by molar-refractivity contribution is 6.32. The van der Waals surface area contributed by atoms with Gasteiger partial charge in [0.2, 0.25) is 0 Å². The van der Waals surface area contributed by atoms with Crippen molar-refractivity contribution in [2.45, 2.75) is 13.8 Å². The summed E-state index contributed by atoms with van der Waals surface area (Å²) in [4.78, 5) is 1.37. The first-order valence-corrected chi connectivity index (χ1v) is 5.57. The summed E-state index contributed by atoms with van der Waals surface area (Å²) in [6, 6.07) is 4.02. The lowest BCUT2D eigenvalue weighted by Gasteiger charge is -2.13. The number of quaternary nitrogens is 1. The number of aryl methyl sites for hydroxylation is 2. The van der Waals surface area contributed by atoms with Crippen molar-refractivity contribution in [3.8, 4) is 5.75 Å². The Balaban J connectivity index is 2.68. The molecule has 84 valence electrons. The third kappa shape index (κ3) is 3.73. The predicted octanol–water partition coefficient (Wildman–Crippen LogP) is 1.48. The Kier molecular flexibility index (Phi) is 4.43. The average Bonchev–Trinajstić information content (AvgIpc) is 2.08. The van der Waals surface area contributed by atoms with Gasteiger partial charge >= 0.3 is 0 Å². The van der Waals surface area contributed by atoms with Gasteiger partial charge in [-0.25, -0.2) is 0 Å². The fourth-order valence-corrected chi connectivity index (χ4v) is 1.82. The van der Waals surface area contributed by atoms with Crippen LogP contribution in [-0.2, 0) is 0 Å². The van der Waals surface area contributed by atoms with Crippen LogP contribution in [0.4, 0.5) is 0 Å². The molecule has 0 spiro atoms. The Bertz CT molecular complexity index is 313. The molecule has 0 aromatic heterocycles. The van der Waals surface area contributed by atoms with E-state index < -0.39 is 0 Å². The topological polar surface area (TPSA) is 13.7 Å². The molecule has 1 aromatic rings. The van der Waals surface area contributed by atoms with E-state index >= 15 is 0 Å². The maximum atomic E-state index is 6.12. The average molecular weight is 229 g/mol. The fourth-order valence-electron chi connectivity index (χ4n) is 1.44. The normalized spacial score (nSPS) is 10.8. The molecular formula is C12H19ClNO+. The molecule has 0 radical (unpaired) electrons. The van der Waals surface area contributed by atoms with Gasteiger partial charge in [-0.3, -0.25) is 0 Å². The van der Waals surface area contributed by atoms with E-state index in [1.54, 1.807) is 0 Å². The highest BCUT2D eigenvalue weighted by Crippen LogP contribution is 2.29. The van der Waals surface area contributed by atoms with Crippen molar-refractivity contribution in [2.75, 3.05) is 27.2 Å². The van der Waals surface area contributed by atoms with Crippen LogP contribution in [0.15, 0.2) is 12.1 Å². The first-order valence-electron chi connectivity index (χ1n) is 5.19. The highest BCUT2D eigenvalue weighted by Gasteiger charge is 2.06. The summed E-state index contributed by atoms with van der Waals surface area (Å²) >= 11 is 6.12.